The van der Waals surface area contributed by atoms with Crippen LogP contribution in [0.1, 0.15) is 80.4 Å². The average molecular weight is 501 g/mol. The van der Waals surface area contributed by atoms with Crippen LogP contribution in [0.5, 0.6) is 5.75 Å². The Morgan fingerprint density at radius 1 is 0.944 bits per heavy atom. The summed E-state index contributed by atoms with van der Waals surface area (Å²) in [5, 5.41) is 7.48. The number of thiocarbonyl (C=S) groups is 1. The standard InChI is InChI=1S/C31H36N2O2S/c1-5-35-27-17-15-25(16-18-27)31(19-6-7-20-31)33-29(36)32-26-10-8-9-23(21-26)28(34)22-11-13-24(14-12-22)30(2,3)4/h8-18,21H,5-7,19-20H2,1-4H3,(H2,32,33,36). The first-order valence-corrected chi connectivity index (χ1v) is 13.2. The van der Waals surface area contributed by atoms with Gasteiger partial charge in [-0.05, 0) is 72.8 Å². The molecule has 1 fully saturated rings. The first kappa shape index (κ1) is 25.9. The minimum absolute atomic E-state index is 0.000335. The van der Waals surface area contributed by atoms with Gasteiger partial charge < -0.3 is 15.4 Å². The van der Waals surface area contributed by atoms with Crippen molar-refractivity contribution in [1.29, 1.82) is 0 Å². The third-order valence-electron chi connectivity index (χ3n) is 6.92. The Bertz CT molecular complexity index is 1200. The second-order valence-corrected chi connectivity index (χ2v) is 11.0. The van der Waals surface area contributed by atoms with Crippen LogP contribution in [0.15, 0.2) is 72.8 Å². The van der Waals surface area contributed by atoms with E-state index in [0.717, 1.165) is 37.1 Å². The van der Waals surface area contributed by atoms with Crippen LogP contribution >= 0.6 is 12.2 Å². The van der Waals surface area contributed by atoms with Crippen molar-refractivity contribution in [2.45, 2.75) is 64.3 Å². The van der Waals surface area contributed by atoms with Gasteiger partial charge in [-0.3, -0.25) is 4.79 Å². The number of hydrogen-bond donors (Lipinski definition) is 2. The van der Waals surface area contributed by atoms with Gasteiger partial charge in [0, 0.05) is 16.8 Å². The smallest absolute Gasteiger partial charge is 0.193 e. The molecule has 1 aliphatic rings. The zero-order chi connectivity index (χ0) is 25.8. The molecule has 0 radical (unpaired) electrons. The molecule has 0 atom stereocenters. The van der Waals surface area contributed by atoms with Crippen molar-refractivity contribution in [2.75, 3.05) is 11.9 Å². The summed E-state index contributed by atoms with van der Waals surface area (Å²) in [5.74, 6) is 0.879. The Morgan fingerprint density at radius 3 is 2.22 bits per heavy atom. The zero-order valence-electron chi connectivity index (χ0n) is 21.7. The van der Waals surface area contributed by atoms with Crippen molar-refractivity contribution in [3.63, 3.8) is 0 Å². The molecule has 2 N–H and O–H groups in total. The molecule has 1 aliphatic carbocycles. The van der Waals surface area contributed by atoms with Crippen molar-refractivity contribution < 1.29 is 9.53 Å². The number of carbonyl (C=O) groups excluding carboxylic acids is 1. The highest BCUT2D eigenvalue weighted by Crippen LogP contribution is 2.39. The molecule has 0 aromatic heterocycles. The molecule has 3 aromatic carbocycles. The summed E-state index contributed by atoms with van der Waals surface area (Å²) >= 11 is 5.73. The Balaban J connectivity index is 1.46. The monoisotopic (exact) mass is 500 g/mol. The molecule has 3 aromatic rings. The second-order valence-electron chi connectivity index (χ2n) is 10.6. The molecule has 4 nitrogen and oxygen atoms in total. The van der Waals surface area contributed by atoms with Gasteiger partial charge in [0.05, 0.1) is 12.1 Å². The minimum atomic E-state index is -0.197. The number of hydrogen-bond acceptors (Lipinski definition) is 3. The Morgan fingerprint density at radius 2 is 1.61 bits per heavy atom. The summed E-state index contributed by atoms with van der Waals surface area (Å²) in [6.07, 6.45) is 4.35. The molecule has 0 saturated heterocycles. The van der Waals surface area contributed by atoms with Crippen LogP contribution in [0.25, 0.3) is 0 Å². The quantitative estimate of drug-likeness (QED) is 0.262. The summed E-state index contributed by atoms with van der Waals surface area (Å²) in [6, 6.07) is 23.8. The summed E-state index contributed by atoms with van der Waals surface area (Å²) < 4.78 is 5.61. The minimum Gasteiger partial charge on any atom is -0.494 e. The van der Waals surface area contributed by atoms with Crippen LogP contribution < -0.4 is 15.4 Å². The van der Waals surface area contributed by atoms with E-state index in [1.54, 1.807) is 0 Å². The predicted octanol–water partition coefficient (Wildman–Crippen LogP) is 7.37. The summed E-state index contributed by atoms with van der Waals surface area (Å²) in [4.78, 5) is 13.1. The topological polar surface area (TPSA) is 50.4 Å². The summed E-state index contributed by atoms with van der Waals surface area (Å²) in [6.45, 7) is 9.15. The normalized spacial score (nSPS) is 14.8. The Hall–Kier alpha value is -3.18. The molecule has 0 bridgehead atoms. The van der Waals surface area contributed by atoms with Gasteiger partial charge in [-0.15, -0.1) is 0 Å². The van der Waals surface area contributed by atoms with E-state index in [9.17, 15) is 4.79 Å². The molecule has 1 saturated carbocycles. The van der Waals surface area contributed by atoms with Gasteiger partial charge in [0.2, 0.25) is 0 Å². The second kappa shape index (κ2) is 10.8. The van der Waals surface area contributed by atoms with E-state index < -0.39 is 0 Å². The lowest BCUT2D eigenvalue weighted by Gasteiger charge is -2.32. The maximum absolute atomic E-state index is 13.1. The molecule has 0 spiro atoms. The zero-order valence-corrected chi connectivity index (χ0v) is 22.5. The van der Waals surface area contributed by atoms with Crippen LogP contribution in [-0.2, 0) is 11.0 Å². The fraction of sp³-hybridized carbons (Fsp3) is 0.355. The van der Waals surface area contributed by atoms with Crippen molar-refractivity contribution in [1.82, 2.24) is 5.32 Å². The van der Waals surface area contributed by atoms with E-state index in [1.807, 2.05) is 67.6 Å². The lowest BCUT2D eigenvalue weighted by Crippen LogP contribution is -2.45. The van der Waals surface area contributed by atoms with Gasteiger partial charge in [0.1, 0.15) is 5.75 Å². The first-order valence-electron chi connectivity index (χ1n) is 12.8. The summed E-state index contributed by atoms with van der Waals surface area (Å²) in [5.41, 5.74) is 4.39. The van der Waals surface area contributed by atoms with Crippen molar-refractivity contribution >= 4 is 28.8 Å². The van der Waals surface area contributed by atoms with E-state index >= 15 is 0 Å². The molecule has 188 valence electrons. The Kier molecular flexibility index (Phi) is 7.79. The fourth-order valence-corrected chi connectivity index (χ4v) is 5.22. The predicted molar refractivity (Wildman–Crippen MR) is 152 cm³/mol. The molecule has 0 amide bonds. The van der Waals surface area contributed by atoms with Gasteiger partial charge in [-0.2, -0.15) is 0 Å². The molecule has 5 heteroatoms. The van der Waals surface area contributed by atoms with E-state index in [1.165, 1.54) is 11.1 Å². The Labute approximate surface area is 220 Å². The van der Waals surface area contributed by atoms with Crippen molar-refractivity contribution in [3.8, 4) is 5.75 Å². The maximum atomic E-state index is 13.1. The highest BCUT2D eigenvalue weighted by Gasteiger charge is 2.36. The third kappa shape index (κ3) is 5.96. The fourth-order valence-electron chi connectivity index (χ4n) is 4.91. The van der Waals surface area contributed by atoms with E-state index in [0.29, 0.717) is 22.8 Å². The van der Waals surface area contributed by atoms with Gasteiger partial charge >= 0.3 is 0 Å². The molecule has 0 unspecified atom stereocenters. The van der Waals surface area contributed by atoms with E-state index in [-0.39, 0.29) is 16.7 Å². The van der Waals surface area contributed by atoms with Crippen LogP contribution in [0.4, 0.5) is 5.69 Å². The van der Waals surface area contributed by atoms with Crippen LogP contribution in [-0.4, -0.2) is 17.5 Å². The SMILES string of the molecule is CCOc1ccc(C2(NC(=S)Nc3cccc(C(=O)c4ccc(C(C)(C)C)cc4)c3)CCCC2)cc1. The average Bonchev–Trinajstić information content (AvgIpc) is 3.33. The van der Waals surface area contributed by atoms with Gasteiger partial charge in [-0.1, -0.05) is 82.1 Å². The van der Waals surface area contributed by atoms with Crippen LogP contribution in [0, 0.1) is 0 Å². The number of ketones is 1. The number of carbonyl (C=O) groups is 1. The molecule has 0 aliphatic heterocycles. The van der Waals surface area contributed by atoms with E-state index in [2.05, 4.69) is 43.5 Å². The lowest BCUT2D eigenvalue weighted by atomic mass is 9.86. The van der Waals surface area contributed by atoms with Gasteiger partial charge in [-0.25, -0.2) is 0 Å². The number of rotatable bonds is 7. The van der Waals surface area contributed by atoms with Gasteiger partial charge in [0.25, 0.3) is 0 Å². The maximum Gasteiger partial charge on any atom is 0.193 e. The molecule has 36 heavy (non-hydrogen) atoms. The number of benzene rings is 3. The number of nitrogens with one attached hydrogen (secondary N) is 2. The van der Waals surface area contributed by atoms with Crippen LogP contribution in [0.2, 0.25) is 0 Å². The van der Waals surface area contributed by atoms with Gasteiger partial charge in [0.15, 0.2) is 10.9 Å². The summed E-state index contributed by atoms with van der Waals surface area (Å²) in [7, 11) is 0. The molecular weight excluding hydrogens is 464 g/mol. The first-order chi connectivity index (χ1) is 17.2. The lowest BCUT2D eigenvalue weighted by molar-refractivity contribution is 0.103. The number of anilines is 1. The highest BCUT2D eigenvalue weighted by atomic mass is 32.1. The van der Waals surface area contributed by atoms with Crippen molar-refractivity contribution in [3.05, 3.63) is 95.1 Å². The molecular formula is C31H36N2O2S. The third-order valence-corrected chi connectivity index (χ3v) is 7.13. The molecule has 4 rings (SSSR count). The largest absolute Gasteiger partial charge is 0.494 e. The number of ether oxygens (including phenoxy) is 1. The van der Waals surface area contributed by atoms with Crippen molar-refractivity contribution in [2.24, 2.45) is 0 Å². The van der Waals surface area contributed by atoms with E-state index in [4.69, 9.17) is 17.0 Å². The molecule has 0 heterocycles. The highest BCUT2D eigenvalue weighted by molar-refractivity contribution is 7.80. The van der Waals surface area contributed by atoms with Crippen LogP contribution in [0.3, 0.4) is 0 Å².